The lowest BCUT2D eigenvalue weighted by Crippen LogP contribution is -2.05. The van der Waals surface area contributed by atoms with Crippen LogP contribution in [-0.4, -0.2) is 0 Å². The highest BCUT2D eigenvalue weighted by atomic mass is 14.5. The first-order chi connectivity index (χ1) is 5.31. The summed E-state index contributed by atoms with van der Waals surface area (Å²) in [6.07, 6.45) is 7.61. The molecule has 0 aromatic rings. The zero-order valence-corrected chi connectivity index (χ0v) is 7.84. The molecule has 0 heterocycles. The Morgan fingerprint density at radius 3 is 2.64 bits per heavy atom. The van der Waals surface area contributed by atoms with Gasteiger partial charge in [0.1, 0.15) is 0 Å². The smallest absolute Gasteiger partial charge is 0.0357 e. The van der Waals surface area contributed by atoms with Crippen LogP contribution in [0.1, 0.15) is 46.0 Å². The van der Waals surface area contributed by atoms with Gasteiger partial charge in [0, 0.05) is 0 Å². The highest BCUT2D eigenvalue weighted by Crippen LogP contribution is 2.50. The molecular formula is C11H20. The minimum Gasteiger partial charge on any atom is -0.0651 e. The molecule has 2 fully saturated rings. The van der Waals surface area contributed by atoms with E-state index in [4.69, 9.17) is 0 Å². The second kappa shape index (κ2) is 2.80. The molecule has 0 aromatic carbocycles. The molecule has 2 rings (SSSR count). The third-order valence-electron chi connectivity index (χ3n) is 4.15. The lowest BCUT2D eigenvalue weighted by Gasteiger charge is -2.13. The lowest BCUT2D eigenvalue weighted by molar-refractivity contribution is 0.368. The summed E-state index contributed by atoms with van der Waals surface area (Å²) in [5.41, 5.74) is 0. The predicted molar refractivity (Wildman–Crippen MR) is 48.4 cm³/mol. The second-order valence-corrected chi connectivity index (χ2v) is 4.72. The van der Waals surface area contributed by atoms with Gasteiger partial charge in [-0.25, -0.2) is 0 Å². The van der Waals surface area contributed by atoms with Gasteiger partial charge in [-0.1, -0.05) is 26.7 Å². The minimum atomic E-state index is 1.05. The predicted octanol–water partition coefficient (Wildman–Crippen LogP) is 3.47. The van der Waals surface area contributed by atoms with Gasteiger partial charge in [0.25, 0.3) is 0 Å². The van der Waals surface area contributed by atoms with Crippen molar-refractivity contribution in [2.45, 2.75) is 46.0 Å². The molecule has 0 nitrogen and oxygen atoms in total. The van der Waals surface area contributed by atoms with Crippen molar-refractivity contribution < 1.29 is 0 Å². The van der Waals surface area contributed by atoms with Gasteiger partial charge in [-0.2, -0.15) is 0 Å². The van der Waals surface area contributed by atoms with Gasteiger partial charge in [-0.15, -0.1) is 0 Å². The van der Waals surface area contributed by atoms with Crippen LogP contribution >= 0.6 is 0 Å². The average molecular weight is 152 g/mol. The monoisotopic (exact) mass is 152 g/mol. The SMILES string of the molecule is CCC1CC2CCC(C)C2C1. The second-order valence-electron chi connectivity index (χ2n) is 4.72. The maximum Gasteiger partial charge on any atom is -0.0357 e. The molecule has 4 unspecified atom stereocenters. The van der Waals surface area contributed by atoms with Gasteiger partial charge < -0.3 is 0 Å². The maximum atomic E-state index is 2.46. The van der Waals surface area contributed by atoms with Crippen molar-refractivity contribution in [2.75, 3.05) is 0 Å². The summed E-state index contributed by atoms with van der Waals surface area (Å²) in [5.74, 6) is 4.40. The Balaban J connectivity index is 1.98. The molecule has 0 amide bonds. The summed E-state index contributed by atoms with van der Waals surface area (Å²) in [7, 11) is 0. The number of rotatable bonds is 1. The molecule has 0 bridgehead atoms. The van der Waals surface area contributed by atoms with E-state index in [1.165, 1.54) is 12.8 Å². The van der Waals surface area contributed by atoms with Crippen molar-refractivity contribution in [1.29, 1.82) is 0 Å². The molecule has 0 saturated heterocycles. The van der Waals surface area contributed by atoms with Crippen molar-refractivity contribution in [3.05, 3.63) is 0 Å². The summed E-state index contributed by atoms with van der Waals surface area (Å²) in [6, 6.07) is 0. The van der Waals surface area contributed by atoms with Gasteiger partial charge >= 0.3 is 0 Å². The van der Waals surface area contributed by atoms with E-state index >= 15 is 0 Å². The first-order valence-corrected chi connectivity index (χ1v) is 5.31. The quantitative estimate of drug-likeness (QED) is 0.539. The molecule has 2 aliphatic rings. The molecule has 4 atom stereocenters. The Morgan fingerprint density at radius 2 is 2.00 bits per heavy atom. The highest BCUT2D eigenvalue weighted by molar-refractivity contribution is 4.90. The number of hydrogen-bond acceptors (Lipinski definition) is 0. The normalized spacial score (nSPS) is 49.6. The van der Waals surface area contributed by atoms with E-state index in [0.717, 1.165) is 23.7 Å². The topological polar surface area (TPSA) is 0 Å². The minimum absolute atomic E-state index is 1.05. The van der Waals surface area contributed by atoms with Crippen LogP contribution in [0.5, 0.6) is 0 Å². The average Bonchev–Trinajstić information content (AvgIpc) is 2.53. The van der Waals surface area contributed by atoms with Crippen LogP contribution in [0, 0.1) is 23.7 Å². The Bertz CT molecular complexity index is 139. The summed E-state index contributed by atoms with van der Waals surface area (Å²) >= 11 is 0. The molecular weight excluding hydrogens is 132 g/mol. The van der Waals surface area contributed by atoms with E-state index < -0.39 is 0 Å². The van der Waals surface area contributed by atoms with E-state index in [1.807, 2.05) is 0 Å². The van der Waals surface area contributed by atoms with Gasteiger partial charge in [-0.3, -0.25) is 0 Å². The zero-order valence-electron chi connectivity index (χ0n) is 7.84. The lowest BCUT2D eigenvalue weighted by atomic mass is 9.93. The fraction of sp³-hybridized carbons (Fsp3) is 1.00. The van der Waals surface area contributed by atoms with Crippen molar-refractivity contribution in [2.24, 2.45) is 23.7 Å². The zero-order chi connectivity index (χ0) is 7.84. The van der Waals surface area contributed by atoms with Crippen LogP contribution in [0.25, 0.3) is 0 Å². The summed E-state index contributed by atoms with van der Waals surface area (Å²) in [6.45, 7) is 4.82. The molecule has 0 radical (unpaired) electrons. The first-order valence-electron chi connectivity index (χ1n) is 5.31. The van der Waals surface area contributed by atoms with E-state index in [1.54, 1.807) is 19.3 Å². The van der Waals surface area contributed by atoms with Crippen LogP contribution in [-0.2, 0) is 0 Å². The standard InChI is InChI=1S/C11H20/c1-3-9-6-10-5-4-8(2)11(10)7-9/h8-11H,3-7H2,1-2H3. The molecule has 11 heavy (non-hydrogen) atoms. The first kappa shape index (κ1) is 7.64. The van der Waals surface area contributed by atoms with E-state index in [2.05, 4.69) is 13.8 Å². The van der Waals surface area contributed by atoms with Crippen molar-refractivity contribution in [3.8, 4) is 0 Å². The largest absolute Gasteiger partial charge is 0.0651 e. The van der Waals surface area contributed by atoms with Gasteiger partial charge in [-0.05, 0) is 42.9 Å². The Labute approximate surface area is 70.4 Å². The van der Waals surface area contributed by atoms with Gasteiger partial charge in [0.2, 0.25) is 0 Å². The molecule has 0 spiro atoms. The van der Waals surface area contributed by atoms with E-state index in [0.29, 0.717) is 0 Å². The molecule has 0 aromatic heterocycles. The molecule has 2 saturated carbocycles. The summed E-state index contributed by atoms with van der Waals surface area (Å²) < 4.78 is 0. The van der Waals surface area contributed by atoms with Crippen LogP contribution in [0.4, 0.5) is 0 Å². The van der Waals surface area contributed by atoms with Crippen LogP contribution in [0.2, 0.25) is 0 Å². The number of hydrogen-bond donors (Lipinski definition) is 0. The Morgan fingerprint density at radius 1 is 1.18 bits per heavy atom. The fourth-order valence-corrected chi connectivity index (χ4v) is 3.33. The van der Waals surface area contributed by atoms with Crippen LogP contribution in [0.3, 0.4) is 0 Å². The third kappa shape index (κ3) is 1.21. The Hall–Kier alpha value is 0. The van der Waals surface area contributed by atoms with Crippen LogP contribution < -0.4 is 0 Å². The molecule has 0 N–H and O–H groups in total. The van der Waals surface area contributed by atoms with Crippen molar-refractivity contribution >= 4 is 0 Å². The van der Waals surface area contributed by atoms with Gasteiger partial charge in [0.05, 0.1) is 0 Å². The summed E-state index contributed by atoms with van der Waals surface area (Å²) in [4.78, 5) is 0. The van der Waals surface area contributed by atoms with Crippen molar-refractivity contribution in [1.82, 2.24) is 0 Å². The van der Waals surface area contributed by atoms with Gasteiger partial charge in [0.15, 0.2) is 0 Å². The third-order valence-corrected chi connectivity index (χ3v) is 4.15. The molecule has 64 valence electrons. The number of fused-ring (bicyclic) bond motifs is 1. The summed E-state index contributed by atoms with van der Waals surface area (Å²) in [5, 5.41) is 0. The molecule has 0 heteroatoms. The van der Waals surface area contributed by atoms with Crippen LogP contribution in [0.15, 0.2) is 0 Å². The molecule has 0 aliphatic heterocycles. The highest BCUT2D eigenvalue weighted by Gasteiger charge is 2.40. The maximum absolute atomic E-state index is 2.46. The van der Waals surface area contributed by atoms with E-state index in [-0.39, 0.29) is 0 Å². The van der Waals surface area contributed by atoms with E-state index in [9.17, 15) is 0 Å². The van der Waals surface area contributed by atoms with Crippen molar-refractivity contribution in [3.63, 3.8) is 0 Å². The Kier molecular flexibility index (Phi) is 1.95. The molecule has 2 aliphatic carbocycles. The fourth-order valence-electron chi connectivity index (χ4n) is 3.33.